The Morgan fingerprint density at radius 1 is 1.21 bits per heavy atom. The molecular weight excluding hydrogens is 317 g/mol. The van der Waals surface area contributed by atoms with E-state index >= 15 is 0 Å². The van der Waals surface area contributed by atoms with Crippen molar-refractivity contribution in [2.45, 2.75) is 37.8 Å². The van der Waals surface area contributed by atoms with Gasteiger partial charge >= 0.3 is 11.6 Å². The van der Waals surface area contributed by atoms with Crippen LogP contribution in [0, 0.1) is 5.82 Å². The van der Waals surface area contributed by atoms with Gasteiger partial charge in [0, 0.05) is 12.1 Å². The molecular formula is C16H16FN3O4. The van der Waals surface area contributed by atoms with Crippen molar-refractivity contribution in [1.29, 1.82) is 0 Å². The normalized spacial score (nSPS) is 20.4. The summed E-state index contributed by atoms with van der Waals surface area (Å²) >= 11 is 0. The third-order valence-electron chi connectivity index (χ3n) is 3.84. The van der Waals surface area contributed by atoms with Crippen molar-refractivity contribution < 1.29 is 18.3 Å². The number of rotatable bonds is 4. The maximum absolute atomic E-state index is 12.8. The summed E-state index contributed by atoms with van der Waals surface area (Å²) in [5.41, 5.74) is -0.181. The molecule has 0 spiro atoms. The van der Waals surface area contributed by atoms with E-state index in [1.165, 1.54) is 12.1 Å². The molecule has 0 unspecified atom stereocenters. The zero-order valence-electron chi connectivity index (χ0n) is 12.8. The van der Waals surface area contributed by atoms with E-state index in [2.05, 4.69) is 19.7 Å². The van der Waals surface area contributed by atoms with Gasteiger partial charge in [-0.25, -0.2) is 19.2 Å². The van der Waals surface area contributed by atoms with Crippen LogP contribution in [0.1, 0.15) is 36.0 Å². The van der Waals surface area contributed by atoms with E-state index in [0.29, 0.717) is 5.56 Å². The van der Waals surface area contributed by atoms with E-state index in [-0.39, 0.29) is 24.1 Å². The summed E-state index contributed by atoms with van der Waals surface area (Å²) in [6.45, 7) is 0. The summed E-state index contributed by atoms with van der Waals surface area (Å²) in [6.07, 6.45) is 6.17. The topological polar surface area (TPSA) is 94.3 Å². The maximum atomic E-state index is 12.8. The van der Waals surface area contributed by atoms with E-state index in [1.807, 2.05) is 0 Å². The summed E-state index contributed by atoms with van der Waals surface area (Å²) in [5.74, 6) is -0.782. The van der Waals surface area contributed by atoms with Crippen molar-refractivity contribution in [3.8, 4) is 6.01 Å². The van der Waals surface area contributed by atoms with E-state index in [9.17, 15) is 14.0 Å². The molecule has 2 aromatic rings. The van der Waals surface area contributed by atoms with Crippen molar-refractivity contribution in [2.75, 3.05) is 0 Å². The number of hydrogen-bond donors (Lipinski definition) is 1. The summed E-state index contributed by atoms with van der Waals surface area (Å²) in [5, 5.41) is 2.91. The van der Waals surface area contributed by atoms with Crippen LogP contribution in [0.4, 0.5) is 4.39 Å². The van der Waals surface area contributed by atoms with Crippen LogP contribution in [-0.2, 0) is 0 Å². The highest BCUT2D eigenvalue weighted by molar-refractivity contribution is 5.93. The number of carbonyl (C=O) groups is 1. The van der Waals surface area contributed by atoms with Crippen molar-refractivity contribution in [3.63, 3.8) is 0 Å². The van der Waals surface area contributed by atoms with E-state index < -0.39 is 11.4 Å². The Labute approximate surface area is 136 Å². The fourth-order valence-electron chi connectivity index (χ4n) is 2.59. The van der Waals surface area contributed by atoms with Crippen molar-refractivity contribution in [3.05, 3.63) is 52.6 Å². The average molecular weight is 333 g/mol. The van der Waals surface area contributed by atoms with Crippen LogP contribution < -0.4 is 15.7 Å². The monoisotopic (exact) mass is 333 g/mol. The molecule has 0 saturated heterocycles. The minimum atomic E-state index is -0.509. The van der Waals surface area contributed by atoms with Crippen LogP contribution in [-0.4, -0.2) is 28.0 Å². The summed E-state index contributed by atoms with van der Waals surface area (Å²) in [7, 11) is 0. The van der Waals surface area contributed by atoms with Gasteiger partial charge in [-0.2, -0.15) is 0 Å². The summed E-state index contributed by atoms with van der Waals surface area (Å²) < 4.78 is 23.0. The Morgan fingerprint density at radius 3 is 2.54 bits per heavy atom. The minimum Gasteiger partial charge on any atom is -0.460 e. The molecule has 126 valence electrons. The molecule has 0 radical (unpaired) electrons. The second-order valence-corrected chi connectivity index (χ2v) is 5.59. The summed E-state index contributed by atoms with van der Waals surface area (Å²) in [4.78, 5) is 30.5. The van der Waals surface area contributed by atoms with E-state index in [4.69, 9.17) is 4.74 Å². The lowest BCUT2D eigenvalue weighted by Crippen LogP contribution is -2.39. The van der Waals surface area contributed by atoms with Crippen molar-refractivity contribution in [1.82, 2.24) is 15.3 Å². The zero-order chi connectivity index (χ0) is 16.9. The third-order valence-corrected chi connectivity index (χ3v) is 3.84. The molecule has 3 rings (SSSR count). The van der Waals surface area contributed by atoms with Crippen LogP contribution in [0.3, 0.4) is 0 Å². The quantitative estimate of drug-likeness (QED) is 0.915. The number of amides is 1. The SMILES string of the molecule is O=C(NC1CCC(Oc2ncc(F)cn2)CC1)c1ccc(=O)oc1. The van der Waals surface area contributed by atoms with Gasteiger partial charge in [0.25, 0.3) is 5.91 Å². The second-order valence-electron chi connectivity index (χ2n) is 5.59. The van der Waals surface area contributed by atoms with Gasteiger partial charge in [0.2, 0.25) is 0 Å². The molecule has 0 bridgehead atoms. The average Bonchev–Trinajstić information content (AvgIpc) is 2.59. The lowest BCUT2D eigenvalue weighted by molar-refractivity contribution is 0.0882. The molecule has 7 nitrogen and oxygen atoms in total. The molecule has 0 aromatic carbocycles. The van der Waals surface area contributed by atoms with Gasteiger partial charge in [-0.05, 0) is 31.7 Å². The van der Waals surface area contributed by atoms with E-state index in [1.54, 1.807) is 0 Å². The lowest BCUT2D eigenvalue weighted by atomic mass is 9.93. The van der Waals surface area contributed by atoms with Gasteiger partial charge < -0.3 is 14.5 Å². The van der Waals surface area contributed by atoms with Gasteiger partial charge in [-0.3, -0.25) is 4.79 Å². The Balaban J connectivity index is 1.48. The number of nitrogens with one attached hydrogen (secondary N) is 1. The molecule has 1 aliphatic carbocycles. The maximum Gasteiger partial charge on any atom is 0.335 e. The van der Waals surface area contributed by atoms with Gasteiger partial charge in [0.15, 0.2) is 5.82 Å². The largest absolute Gasteiger partial charge is 0.460 e. The molecule has 1 aliphatic rings. The van der Waals surface area contributed by atoms with Gasteiger partial charge in [-0.1, -0.05) is 0 Å². The van der Waals surface area contributed by atoms with Crippen LogP contribution in [0.2, 0.25) is 0 Å². The molecule has 2 aromatic heterocycles. The molecule has 24 heavy (non-hydrogen) atoms. The number of halogens is 1. The number of hydrogen-bond acceptors (Lipinski definition) is 6. The van der Waals surface area contributed by atoms with Crippen LogP contribution in [0.5, 0.6) is 6.01 Å². The Kier molecular flexibility index (Phi) is 4.83. The second kappa shape index (κ2) is 7.20. The highest BCUT2D eigenvalue weighted by Crippen LogP contribution is 2.22. The molecule has 0 atom stereocenters. The van der Waals surface area contributed by atoms with Crippen LogP contribution in [0.15, 0.2) is 40.0 Å². The van der Waals surface area contributed by atoms with Crippen LogP contribution in [0.25, 0.3) is 0 Å². The molecule has 8 heteroatoms. The fraction of sp³-hybridized carbons (Fsp3) is 0.375. The Morgan fingerprint density at radius 2 is 1.92 bits per heavy atom. The zero-order valence-corrected chi connectivity index (χ0v) is 12.8. The van der Waals surface area contributed by atoms with Gasteiger partial charge in [0.05, 0.1) is 18.0 Å². The number of carbonyl (C=O) groups excluding carboxylic acids is 1. The molecule has 1 amide bonds. The van der Waals surface area contributed by atoms with Gasteiger partial charge in [0.1, 0.15) is 12.4 Å². The summed E-state index contributed by atoms with van der Waals surface area (Å²) in [6, 6.07) is 2.83. The molecule has 0 aliphatic heterocycles. The Bertz CT molecular complexity index is 734. The van der Waals surface area contributed by atoms with Crippen molar-refractivity contribution >= 4 is 5.91 Å². The van der Waals surface area contributed by atoms with E-state index in [0.717, 1.165) is 44.3 Å². The first-order valence-corrected chi connectivity index (χ1v) is 7.64. The first-order chi connectivity index (χ1) is 11.6. The lowest BCUT2D eigenvalue weighted by Gasteiger charge is -2.28. The predicted octanol–water partition coefficient (Wildman–Crippen LogP) is 1.69. The number of nitrogens with zero attached hydrogens (tertiary/aromatic N) is 2. The first kappa shape index (κ1) is 16.1. The highest BCUT2D eigenvalue weighted by atomic mass is 19.1. The smallest absolute Gasteiger partial charge is 0.335 e. The molecule has 1 saturated carbocycles. The van der Waals surface area contributed by atoms with Crippen LogP contribution >= 0.6 is 0 Å². The molecule has 1 fully saturated rings. The molecule has 2 heterocycles. The third kappa shape index (κ3) is 4.15. The van der Waals surface area contributed by atoms with Gasteiger partial charge in [-0.15, -0.1) is 0 Å². The minimum absolute atomic E-state index is 0.0263. The number of aromatic nitrogens is 2. The fourth-order valence-corrected chi connectivity index (χ4v) is 2.59. The van der Waals surface area contributed by atoms with Crippen molar-refractivity contribution in [2.24, 2.45) is 0 Å². The number of ether oxygens (including phenoxy) is 1. The predicted molar refractivity (Wildman–Crippen MR) is 81.1 cm³/mol. The first-order valence-electron chi connectivity index (χ1n) is 7.64. The molecule has 1 N–H and O–H groups in total. The highest BCUT2D eigenvalue weighted by Gasteiger charge is 2.24. The standard InChI is InChI=1S/C16H16FN3O4/c17-11-7-18-16(19-8-11)24-13-4-2-12(3-5-13)20-15(22)10-1-6-14(21)23-9-10/h1,6-9,12-13H,2-5H2,(H,20,22). The Hall–Kier alpha value is -2.77.